The number of amides is 2. The van der Waals surface area contributed by atoms with Gasteiger partial charge >= 0.3 is 6.03 Å². The molecule has 0 saturated heterocycles. The molecule has 0 spiro atoms. The van der Waals surface area contributed by atoms with Crippen LogP contribution in [0, 0.1) is 12.3 Å². The molecule has 1 saturated carbocycles. The summed E-state index contributed by atoms with van der Waals surface area (Å²) in [6.07, 6.45) is 4.47. The molecule has 1 aliphatic carbocycles. The Balaban J connectivity index is 1.72. The predicted molar refractivity (Wildman–Crippen MR) is 88.2 cm³/mol. The van der Waals surface area contributed by atoms with Crippen LogP contribution in [-0.4, -0.2) is 38.6 Å². The Morgan fingerprint density at radius 1 is 1.57 bits per heavy atom. The number of carbonyl (C=O) groups is 1. The molecule has 0 radical (unpaired) electrons. The van der Waals surface area contributed by atoms with Crippen LogP contribution in [0.1, 0.15) is 31.9 Å². The highest BCUT2D eigenvalue weighted by Gasteiger charge is 2.39. The Labute approximate surface area is 135 Å². The van der Waals surface area contributed by atoms with E-state index in [1.165, 1.54) is 0 Å². The van der Waals surface area contributed by atoms with Gasteiger partial charge in [0.2, 0.25) is 0 Å². The van der Waals surface area contributed by atoms with Gasteiger partial charge in [-0.3, -0.25) is 4.68 Å². The van der Waals surface area contributed by atoms with E-state index in [1.54, 1.807) is 10.9 Å². The van der Waals surface area contributed by atoms with E-state index in [9.17, 15) is 9.90 Å². The second-order valence-corrected chi connectivity index (χ2v) is 6.66. The Morgan fingerprint density at radius 3 is 3.09 bits per heavy atom. The van der Waals surface area contributed by atoms with Crippen LogP contribution < -0.4 is 10.6 Å². The molecule has 1 fully saturated rings. The van der Waals surface area contributed by atoms with Gasteiger partial charge in [-0.1, -0.05) is 13.3 Å². The Morgan fingerprint density at radius 2 is 2.35 bits per heavy atom. The molecular weight excluding hydrogens is 294 g/mol. The molecule has 2 atom stereocenters. The summed E-state index contributed by atoms with van der Waals surface area (Å²) in [7, 11) is 1.85. The standard InChI is InChI=1S/C16H23N5O2/c1-10-12-7-11(8-17-14(12)21(3)20-10)18-15(23)19-13-5-4-6-16(13,2)9-22/h7-8,13,22H,4-6,9H2,1-3H3,(H2,18,19,23). The number of hydrogen-bond acceptors (Lipinski definition) is 4. The summed E-state index contributed by atoms with van der Waals surface area (Å²) in [6, 6.07) is 1.60. The van der Waals surface area contributed by atoms with Crippen LogP contribution in [0.2, 0.25) is 0 Å². The summed E-state index contributed by atoms with van der Waals surface area (Å²) < 4.78 is 1.72. The highest BCUT2D eigenvalue weighted by Crippen LogP contribution is 2.37. The first-order chi connectivity index (χ1) is 10.9. The molecular formula is C16H23N5O2. The number of aromatic nitrogens is 3. The van der Waals surface area contributed by atoms with Crippen LogP contribution >= 0.6 is 0 Å². The van der Waals surface area contributed by atoms with Crippen molar-refractivity contribution < 1.29 is 9.90 Å². The third-order valence-electron chi connectivity index (χ3n) is 4.87. The fourth-order valence-corrected chi connectivity index (χ4v) is 3.37. The molecule has 2 amide bonds. The monoisotopic (exact) mass is 317 g/mol. The van der Waals surface area contributed by atoms with Crippen molar-refractivity contribution in [1.82, 2.24) is 20.1 Å². The van der Waals surface area contributed by atoms with Gasteiger partial charge in [0, 0.05) is 23.9 Å². The number of aliphatic hydroxyl groups is 1. The second-order valence-electron chi connectivity index (χ2n) is 6.66. The van der Waals surface area contributed by atoms with Crippen molar-refractivity contribution in [3.8, 4) is 0 Å². The lowest BCUT2D eigenvalue weighted by Gasteiger charge is -2.30. The fraction of sp³-hybridized carbons (Fsp3) is 0.562. The molecule has 2 aromatic rings. The first-order valence-electron chi connectivity index (χ1n) is 7.91. The van der Waals surface area contributed by atoms with Crippen LogP contribution in [0.5, 0.6) is 0 Å². The van der Waals surface area contributed by atoms with Crippen molar-refractivity contribution >= 4 is 22.8 Å². The maximum absolute atomic E-state index is 12.2. The van der Waals surface area contributed by atoms with Crippen molar-refractivity contribution in [3.63, 3.8) is 0 Å². The topological polar surface area (TPSA) is 92.1 Å². The molecule has 0 aliphatic heterocycles. The minimum Gasteiger partial charge on any atom is -0.396 e. The molecule has 7 nitrogen and oxygen atoms in total. The van der Waals surface area contributed by atoms with E-state index in [-0.39, 0.29) is 24.1 Å². The summed E-state index contributed by atoms with van der Waals surface area (Å²) in [5, 5.41) is 20.6. The van der Waals surface area contributed by atoms with Crippen molar-refractivity contribution in [2.24, 2.45) is 12.5 Å². The van der Waals surface area contributed by atoms with Crippen molar-refractivity contribution in [2.45, 2.75) is 39.2 Å². The molecule has 2 unspecified atom stereocenters. The van der Waals surface area contributed by atoms with Gasteiger partial charge in [-0.2, -0.15) is 5.10 Å². The summed E-state index contributed by atoms with van der Waals surface area (Å²) in [4.78, 5) is 16.6. The van der Waals surface area contributed by atoms with Crippen LogP contribution in [0.4, 0.5) is 10.5 Å². The number of urea groups is 1. The van der Waals surface area contributed by atoms with Gasteiger partial charge in [0.15, 0.2) is 5.65 Å². The van der Waals surface area contributed by atoms with Crippen molar-refractivity contribution in [3.05, 3.63) is 18.0 Å². The van der Waals surface area contributed by atoms with Gasteiger partial charge in [0.25, 0.3) is 0 Å². The van der Waals surface area contributed by atoms with Crippen LogP contribution in [0.3, 0.4) is 0 Å². The van der Waals surface area contributed by atoms with Gasteiger partial charge in [-0.25, -0.2) is 9.78 Å². The number of anilines is 1. The second kappa shape index (κ2) is 5.81. The zero-order chi connectivity index (χ0) is 16.6. The predicted octanol–water partition coefficient (Wildman–Crippen LogP) is 1.95. The van der Waals surface area contributed by atoms with Gasteiger partial charge in [0.05, 0.1) is 24.2 Å². The zero-order valence-corrected chi connectivity index (χ0v) is 13.8. The van der Waals surface area contributed by atoms with Gasteiger partial charge in [0.1, 0.15) is 0 Å². The van der Waals surface area contributed by atoms with E-state index in [0.29, 0.717) is 5.69 Å². The molecule has 124 valence electrons. The fourth-order valence-electron chi connectivity index (χ4n) is 3.37. The van der Waals surface area contributed by atoms with E-state index in [2.05, 4.69) is 20.7 Å². The highest BCUT2D eigenvalue weighted by atomic mass is 16.3. The van der Waals surface area contributed by atoms with Gasteiger partial charge in [-0.15, -0.1) is 0 Å². The largest absolute Gasteiger partial charge is 0.396 e. The van der Waals surface area contributed by atoms with Gasteiger partial charge in [-0.05, 0) is 25.8 Å². The molecule has 23 heavy (non-hydrogen) atoms. The Kier molecular flexibility index (Phi) is 3.97. The Hall–Kier alpha value is -2.15. The molecule has 1 aliphatic rings. The summed E-state index contributed by atoms with van der Waals surface area (Å²) in [6.45, 7) is 4.01. The number of pyridine rings is 1. The maximum Gasteiger partial charge on any atom is 0.319 e. The van der Waals surface area contributed by atoms with Crippen molar-refractivity contribution in [2.75, 3.05) is 11.9 Å². The zero-order valence-electron chi connectivity index (χ0n) is 13.8. The number of nitrogens with zero attached hydrogens (tertiary/aromatic N) is 3. The minimum atomic E-state index is -0.265. The van der Waals surface area contributed by atoms with E-state index in [0.717, 1.165) is 36.0 Å². The Bertz CT molecular complexity index is 741. The highest BCUT2D eigenvalue weighted by molar-refractivity contribution is 5.92. The van der Waals surface area contributed by atoms with Crippen LogP contribution in [-0.2, 0) is 7.05 Å². The number of hydrogen-bond donors (Lipinski definition) is 3. The minimum absolute atomic E-state index is 0.00989. The maximum atomic E-state index is 12.2. The van der Waals surface area contributed by atoms with Crippen molar-refractivity contribution in [1.29, 1.82) is 0 Å². The van der Waals surface area contributed by atoms with Gasteiger partial charge < -0.3 is 15.7 Å². The lowest BCUT2D eigenvalue weighted by Crippen LogP contribution is -2.46. The summed E-state index contributed by atoms with van der Waals surface area (Å²) in [5.41, 5.74) is 2.06. The lowest BCUT2D eigenvalue weighted by atomic mass is 9.86. The smallest absolute Gasteiger partial charge is 0.319 e. The molecule has 7 heteroatoms. The molecule has 3 N–H and O–H groups in total. The molecule has 2 heterocycles. The average Bonchev–Trinajstić information content (AvgIpc) is 3.01. The first-order valence-corrected chi connectivity index (χ1v) is 7.91. The lowest BCUT2D eigenvalue weighted by molar-refractivity contribution is 0.122. The van der Waals surface area contributed by atoms with E-state index < -0.39 is 0 Å². The van der Waals surface area contributed by atoms with E-state index in [1.807, 2.05) is 27.0 Å². The number of aliphatic hydroxyl groups excluding tert-OH is 1. The first kappa shape index (κ1) is 15.7. The average molecular weight is 317 g/mol. The number of fused-ring (bicyclic) bond motifs is 1. The summed E-state index contributed by atoms with van der Waals surface area (Å²) in [5.74, 6) is 0. The molecule has 3 rings (SSSR count). The molecule has 0 bridgehead atoms. The normalized spacial score (nSPS) is 24.1. The van der Waals surface area contributed by atoms with Crippen LogP contribution in [0.25, 0.3) is 11.0 Å². The third kappa shape index (κ3) is 2.88. The molecule has 2 aromatic heterocycles. The number of carbonyl (C=O) groups excluding carboxylic acids is 1. The third-order valence-corrected chi connectivity index (χ3v) is 4.87. The quantitative estimate of drug-likeness (QED) is 0.807. The number of aryl methyl sites for hydroxylation is 2. The van der Waals surface area contributed by atoms with Crippen LogP contribution in [0.15, 0.2) is 12.3 Å². The summed E-state index contributed by atoms with van der Waals surface area (Å²) >= 11 is 0. The van der Waals surface area contributed by atoms with E-state index in [4.69, 9.17) is 0 Å². The number of rotatable bonds is 3. The number of nitrogens with one attached hydrogen (secondary N) is 2. The molecule has 0 aromatic carbocycles. The SMILES string of the molecule is Cc1nn(C)c2ncc(NC(=O)NC3CCCC3(C)CO)cc12. The van der Waals surface area contributed by atoms with E-state index >= 15 is 0 Å².